The molecule has 5 nitrogen and oxygen atoms in total. The van der Waals surface area contributed by atoms with E-state index in [9.17, 15) is 20.1 Å². The van der Waals surface area contributed by atoms with E-state index < -0.39 is 24.2 Å². The Labute approximate surface area is 443 Å². The number of rotatable bonds is 58. The van der Waals surface area contributed by atoms with E-state index in [2.05, 4.69) is 67.8 Å². The molecule has 0 rings (SSSR count). The maximum Gasteiger partial charge on any atom is 0.249 e. The number of aliphatic hydroxyl groups excluding tert-OH is 3. The average molecular weight is 995 g/mol. The Morgan fingerprint density at radius 3 is 0.944 bits per heavy atom. The molecule has 3 atom stereocenters. The van der Waals surface area contributed by atoms with Crippen molar-refractivity contribution in [2.24, 2.45) is 0 Å². The van der Waals surface area contributed by atoms with Crippen molar-refractivity contribution >= 4 is 5.91 Å². The molecular formula is C66H123NO4. The predicted octanol–water partition coefficient (Wildman–Crippen LogP) is 20.1. The van der Waals surface area contributed by atoms with Crippen LogP contribution in [-0.4, -0.2) is 46.1 Å². The number of hydrogen-bond donors (Lipinski definition) is 4. The quantitative estimate of drug-likeness (QED) is 0.0361. The maximum atomic E-state index is 12.6. The number of nitrogens with one attached hydrogen (secondary N) is 1. The van der Waals surface area contributed by atoms with Gasteiger partial charge in [-0.15, -0.1) is 0 Å². The third kappa shape index (κ3) is 55.6. The van der Waals surface area contributed by atoms with Gasteiger partial charge in [0.25, 0.3) is 0 Å². The second-order valence-electron chi connectivity index (χ2n) is 21.6. The molecular weight excluding hydrogens is 871 g/mol. The van der Waals surface area contributed by atoms with Gasteiger partial charge in [0.05, 0.1) is 18.8 Å². The fourth-order valence-electron chi connectivity index (χ4n) is 9.66. The first-order chi connectivity index (χ1) is 35.1. The fraction of sp³-hybridized carbons (Fsp3) is 0.833. The first kappa shape index (κ1) is 69.0. The molecule has 5 heteroatoms. The second kappa shape index (κ2) is 60.6. The molecule has 1 amide bonds. The molecule has 3 unspecified atom stereocenters. The summed E-state index contributed by atoms with van der Waals surface area (Å²) in [5, 5.41) is 33.4. The molecule has 0 aliphatic rings. The number of allylic oxidation sites excluding steroid dienone is 9. The van der Waals surface area contributed by atoms with E-state index in [-0.39, 0.29) is 6.61 Å². The zero-order valence-corrected chi connectivity index (χ0v) is 47.6. The minimum absolute atomic E-state index is 0.382. The number of amides is 1. The molecule has 0 aliphatic heterocycles. The Kier molecular flexibility index (Phi) is 58.9. The first-order valence-electron chi connectivity index (χ1n) is 31.6. The Bertz CT molecular complexity index is 1190. The maximum absolute atomic E-state index is 12.6. The van der Waals surface area contributed by atoms with E-state index in [1.165, 1.54) is 257 Å². The molecule has 0 saturated carbocycles. The van der Waals surface area contributed by atoms with E-state index >= 15 is 0 Å². The standard InChI is InChI=1S/C66H123NO4/c1-3-5-7-9-11-13-15-17-19-21-23-25-27-28-29-30-31-32-33-34-35-36-37-39-41-43-45-47-49-51-53-55-57-59-61-65(70)66(71)67-63(62-68)64(69)60-58-56-54-52-50-48-46-44-42-40-38-26-24-22-20-18-16-14-12-10-8-6-4-2/h27-28,30-31,42,44,50,52,58,60,63-65,68-70H,3-26,29,32-41,43,45-49,51,53-57,59,61-62H2,1-2H3,(H,67,71)/b28-27-,31-30-,44-42+,52-50+,60-58+. The highest BCUT2D eigenvalue weighted by molar-refractivity contribution is 5.80. The molecule has 0 aromatic carbocycles. The number of carbonyl (C=O) groups is 1. The van der Waals surface area contributed by atoms with Gasteiger partial charge in [-0.1, -0.05) is 312 Å². The van der Waals surface area contributed by atoms with Crippen LogP contribution >= 0.6 is 0 Å². The Balaban J connectivity index is 3.58. The Morgan fingerprint density at radius 1 is 0.352 bits per heavy atom. The van der Waals surface area contributed by atoms with Crippen LogP contribution in [0, 0.1) is 0 Å². The van der Waals surface area contributed by atoms with Crippen LogP contribution in [0.2, 0.25) is 0 Å². The lowest BCUT2D eigenvalue weighted by atomic mass is 10.0. The van der Waals surface area contributed by atoms with Gasteiger partial charge >= 0.3 is 0 Å². The van der Waals surface area contributed by atoms with Crippen molar-refractivity contribution in [2.75, 3.05) is 6.61 Å². The van der Waals surface area contributed by atoms with Crippen molar-refractivity contribution in [3.63, 3.8) is 0 Å². The lowest BCUT2D eigenvalue weighted by Gasteiger charge is -2.21. The van der Waals surface area contributed by atoms with Crippen molar-refractivity contribution in [3.8, 4) is 0 Å². The van der Waals surface area contributed by atoms with Crippen LogP contribution in [0.3, 0.4) is 0 Å². The van der Waals surface area contributed by atoms with Gasteiger partial charge in [0.15, 0.2) is 0 Å². The third-order valence-electron chi connectivity index (χ3n) is 14.6. The molecule has 0 bridgehead atoms. The fourth-order valence-corrected chi connectivity index (χ4v) is 9.66. The van der Waals surface area contributed by atoms with Crippen LogP contribution in [0.1, 0.15) is 328 Å². The molecule has 4 N–H and O–H groups in total. The molecule has 0 aliphatic carbocycles. The van der Waals surface area contributed by atoms with E-state index in [1.807, 2.05) is 6.08 Å². The van der Waals surface area contributed by atoms with E-state index in [4.69, 9.17) is 0 Å². The summed E-state index contributed by atoms with van der Waals surface area (Å²) in [7, 11) is 0. The summed E-state index contributed by atoms with van der Waals surface area (Å²) in [6.07, 6.45) is 83.3. The van der Waals surface area contributed by atoms with E-state index in [0.717, 1.165) is 51.4 Å². The summed E-state index contributed by atoms with van der Waals surface area (Å²) in [4.78, 5) is 12.6. The van der Waals surface area contributed by atoms with Crippen molar-refractivity contribution < 1.29 is 20.1 Å². The topological polar surface area (TPSA) is 89.8 Å². The van der Waals surface area contributed by atoms with Gasteiger partial charge in [-0.3, -0.25) is 4.79 Å². The summed E-state index contributed by atoms with van der Waals surface area (Å²) >= 11 is 0. The first-order valence-corrected chi connectivity index (χ1v) is 31.6. The normalized spacial score (nSPS) is 13.6. The van der Waals surface area contributed by atoms with E-state index in [0.29, 0.717) is 6.42 Å². The van der Waals surface area contributed by atoms with Crippen LogP contribution in [0.4, 0.5) is 0 Å². The predicted molar refractivity (Wildman–Crippen MR) is 314 cm³/mol. The zero-order valence-electron chi connectivity index (χ0n) is 47.6. The highest BCUT2D eigenvalue weighted by atomic mass is 16.3. The van der Waals surface area contributed by atoms with Gasteiger partial charge in [0.2, 0.25) is 5.91 Å². The summed E-state index contributed by atoms with van der Waals surface area (Å²) in [6.45, 7) is 4.20. The minimum atomic E-state index is -1.11. The van der Waals surface area contributed by atoms with Crippen LogP contribution in [0.15, 0.2) is 60.8 Å². The third-order valence-corrected chi connectivity index (χ3v) is 14.6. The molecule has 0 aromatic rings. The Hall–Kier alpha value is -1.95. The summed E-state index contributed by atoms with van der Waals surface area (Å²) in [5.41, 5.74) is 0. The average Bonchev–Trinajstić information content (AvgIpc) is 3.38. The SMILES string of the molecule is CCCCCCCCCCCCC/C=C\C/C=C\CCCCCCCCCCCCCCCCCCC(O)C(=O)NC(CO)C(O)/C=C/CC/C=C/CC/C=C/CCCCCCCCCCCCCCC. The number of unbranched alkanes of at least 4 members (excludes halogenated alkanes) is 42. The monoisotopic (exact) mass is 994 g/mol. The molecule has 416 valence electrons. The molecule has 0 aromatic heterocycles. The molecule has 0 heterocycles. The zero-order chi connectivity index (χ0) is 51.4. The van der Waals surface area contributed by atoms with Crippen molar-refractivity contribution in [1.82, 2.24) is 5.32 Å². The van der Waals surface area contributed by atoms with Gasteiger partial charge in [-0.05, 0) is 77.0 Å². The van der Waals surface area contributed by atoms with Gasteiger partial charge in [0, 0.05) is 0 Å². The molecule has 0 saturated heterocycles. The number of hydrogen-bond acceptors (Lipinski definition) is 4. The minimum Gasteiger partial charge on any atom is -0.394 e. The highest BCUT2D eigenvalue weighted by Gasteiger charge is 2.22. The van der Waals surface area contributed by atoms with Crippen LogP contribution in [0.25, 0.3) is 0 Å². The largest absolute Gasteiger partial charge is 0.394 e. The molecule has 0 fully saturated rings. The van der Waals surface area contributed by atoms with Gasteiger partial charge in [-0.2, -0.15) is 0 Å². The van der Waals surface area contributed by atoms with Crippen molar-refractivity contribution in [2.45, 2.75) is 347 Å². The van der Waals surface area contributed by atoms with Crippen LogP contribution < -0.4 is 5.32 Å². The van der Waals surface area contributed by atoms with E-state index in [1.54, 1.807) is 6.08 Å². The summed E-state index contributed by atoms with van der Waals surface area (Å²) in [5.74, 6) is -0.514. The lowest BCUT2D eigenvalue weighted by Crippen LogP contribution is -2.48. The lowest BCUT2D eigenvalue weighted by molar-refractivity contribution is -0.131. The van der Waals surface area contributed by atoms with Gasteiger partial charge < -0.3 is 20.6 Å². The van der Waals surface area contributed by atoms with Gasteiger partial charge in [-0.25, -0.2) is 0 Å². The van der Waals surface area contributed by atoms with Gasteiger partial charge in [0.1, 0.15) is 6.10 Å². The van der Waals surface area contributed by atoms with Crippen molar-refractivity contribution in [3.05, 3.63) is 60.8 Å². The summed E-state index contributed by atoms with van der Waals surface area (Å²) in [6, 6.07) is -0.824. The smallest absolute Gasteiger partial charge is 0.249 e. The number of carbonyl (C=O) groups excluding carboxylic acids is 1. The van der Waals surface area contributed by atoms with Crippen LogP contribution in [-0.2, 0) is 4.79 Å². The molecule has 0 radical (unpaired) electrons. The number of aliphatic hydroxyl groups is 3. The second-order valence-corrected chi connectivity index (χ2v) is 21.6. The molecule has 71 heavy (non-hydrogen) atoms. The summed E-state index contributed by atoms with van der Waals surface area (Å²) < 4.78 is 0. The molecule has 0 spiro atoms. The van der Waals surface area contributed by atoms with Crippen molar-refractivity contribution in [1.29, 1.82) is 0 Å². The van der Waals surface area contributed by atoms with Crippen LogP contribution in [0.5, 0.6) is 0 Å². The Morgan fingerprint density at radius 2 is 0.620 bits per heavy atom. The highest BCUT2D eigenvalue weighted by Crippen LogP contribution is 2.17.